The molecule has 17 heteroatoms. The molecule has 306 valence electrons. The first-order valence-electron chi connectivity index (χ1n) is 19.2. The number of rotatable bonds is 25. The third-order valence-corrected chi connectivity index (χ3v) is 9.05. The Morgan fingerprint density at radius 2 is 1.63 bits per heavy atom. The molecule has 0 aliphatic carbocycles. The van der Waals surface area contributed by atoms with Gasteiger partial charge in [0, 0.05) is 31.8 Å². The van der Waals surface area contributed by atoms with Crippen LogP contribution in [0, 0.1) is 11.8 Å². The lowest BCUT2D eigenvalue weighted by Crippen LogP contribution is -2.55. The highest BCUT2D eigenvalue weighted by Crippen LogP contribution is 2.29. The lowest BCUT2D eigenvalue weighted by Gasteiger charge is -2.32. The van der Waals surface area contributed by atoms with Gasteiger partial charge < -0.3 is 36.0 Å². The van der Waals surface area contributed by atoms with Crippen LogP contribution in [0.4, 0.5) is 0 Å². The molecule has 0 radical (unpaired) electrons. The summed E-state index contributed by atoms with van der Waals surface area (Å²) >= 11 is 0. The zero-order valence-corrected chi connectivity index (χ0v) is 33.3. The number of aliphatic imine (C=N–C) groups is 1. The van der Waals surface area contributed by atoms with Crippen molar-refractivity contribution in [2.75, 3.05) is 59.3 Å². The predicted octanol–water partition coefficient (Wildman–Crippen LogP) is 0.928. The normalized spacial score (nSPS) is 19.2. The molecule has 0 bridgehead atoms. The molecule has 54 heavy (non-hydrogen) atoms. The van der Waals surface area contributed by atoms with Crippen LogP contribution < -0.4 is 21.8 Å². The van der Waals surface area contributed by atoms with Crippen LogP contribution in [-0.4, -0.2) is 140 Å². The van der Waals surface area contributed by atoms with E-state index in [1.165, 1.54) is 0 Å². The summed E-state index contributed by atoms with van der Waals surface area (Å²) in [5, 5.41) is 11.6. The lowest BCUT2D eigenvalue weighted by atomic mass is 9.93. The van der Waals surface area contributed by atoms with Gasteiger partial charge in [0.05, 0.1) is 57.6 Å². The molecular weight excluding hydrogens is 700 g/mol. The molecule has 4 atom stereocenters. The van der Waals surface area contributed by atoms with E-state index in [9.17, 15) is 28.8 Å². The number of nitrogens with two attached hydrogens (primary N) is 1. The van der Waals surface area contributed by atoms with E-state index in [1.807, 2.05) is 39.5 Å². The molecule has 0 aromatic carbocycles. The van der Waals surface area contributed by atoms with Crippen molar-refractivity contribution < 1.29 is 43.0 Å². The van der Waals surface area contributed by atoms with Gasteiger partial charge in [-0.25, -0.2) is 0 Å². The summed E-state index contributed by atoms with van der Waals surface area (Å²) in [7, 11) is 0. The summed E-state index contributed by atoms with van der Waals surface area (Å²) in [6.45, 7) is 14.3. The SMILES string of the molecule is CCCCC(C)N=CC(CCC(=O)OCN(C(=O)CNC(=O)CN1CCOCC1)[C@@H](CC(C)C)C(=O)NCC(=O)N[C@@H](CC(C)C)C(=O)[C@@]1(C)CO1)=NN. The van der Waals surface area contributed by atoms with Gasteiger partial charge in [-0.15, -0.1) is 0 Å². The van der Waals surface area contributed by atoms with Gasteiger partial charge in [-0.3, -0.25) is 43.6 Å². The maximum atomic E-state index is 13.7. The summed E-state index contributed by atoms with van der Waals surface area (Å²) in [5.41, 5.74) is -0.536. The Morgan fingerprint density at radius 3 is 2.22 bits per heavy atom. The Labute approximate surface area is 319 Å². The van der Waals surface area contributed by atoms with Crippen molar-refractivity contribution in [1.82, 2.24) is 25.8 Å². The number of hydrogen-bond acceptors (Lipinski definition) is 13. The number of amides is 4. The highest BCUT2D eigenvalue weighted by Gasteiger charge is 2.50. The minimum Gasteiger partial charge on any atom is -0.444 e. The molecule has 17 nitrogen and oxygen atoms in total. The van der Waals surface area contributed by atoms with E-state index in [4.69, 9.17) is 20.1 Å². The largest absolute Gasteiger partial charge is 0.444 e. The zero-order chi connectivity index (χ0) is 40.3. The lowest BCUT2D eigenvalue weighted by molar-refractivity contribution is -0.158. The first-order chi connectivity index (χ1) is 25.6. The maximum Gasteiger partial charge on any atom is 0.307 e. The number of epoxide rings is 1. The van der Waals surface area contributed by atoms with Gasteiger partial charge in [-0.1, -0.05) is 47.5 Å². The molecule has 2 aliphatic rings. The summed E-state index contributed by atoms with van der Waals surface area (Å²) in [5.74, 6) is 2.31. The standard InChI is InChI=1S/C37H64N8O9/c1-8-9-10-27(6)39-19-28(43-38)11-12-34(49)53-24-45(33(48)21-40-32(47)22-44-13-15-52-16-14-44)30(18-26(4)5)36(51)41-20-31(46)42-29(17-25(2)3)35(50)37(7)23-54-37/h19,25-27,29-30H,8-18,20-24,38H2,1-7H3,(H,40,47)(H,41,51)(H,42,46)/t27?,29-,30-,37+/m0/s1. The number of carbonyl (C=O) groups is 6. The van der Waals surface area contributed by atoms with E-state index in [1.54, 1.807) is 13.1 Å². The molecule has 5 N–H and O–H groups in total. The number of hydrogen-bond donors (Lipinski definition) is 4. The van der Waals surface area contributed by atoms with Gasteiger partial charge in [0.1, 0.15) is 11.6 Å². The third kappa shape index (κ3) is 17.5. The second kappa shape index (κ2) is 23.7. The number of unbranched alkanes of at least 4 members (excludes halogenated alkanes) is 1. The molecule has 2 rings (SSSR count). The Balaban J connectivity index is 2.15. The molecule has 4 amide bonds. The summed E-state index contributed by atoms with van der Waals surface area (Å²) < 4.78 is 16.1. The second-order valence-electron chi connectivity index (χ2n) is 15.1. The van der Waals surface area contributed by atoms with Crippen LogP contribution in [0.25, 0.3) is 0 Å². The first kappa shape index (κ1) is 46.2. The van der Waals surface area contributed by atoms with Crippen LogP contribution in [-0.2, 0) is 43.0 Å². The maximum absolute atomic E-state index is 13.7. The molecule has 2 fully saturated rings. The second-order valence-corrected chi connectivity index (χ2v) is 15.1. The summed E-state index contributed by atoms with van der Waals surface area (Å²) in [6, 6.07) is -1.89. The van der Waals surface area contributed by atoms with Crippen molar-refractivity contribution >= 4 is 47.3 Å². The molecule has 0 aromatic rings. The van der Waals surface area contributed by atoms with Crippen molar-refractivity contribution in [3.05, 3.63) is 0 Å². The van der Waals surface area contributed by atoms with Crippen molar-refractivity contribution in [1.29, 1.82) is 0 Å². The van der Waals surface area contributed by atoms with E-state index in [2.05, 4.69) is 33.0 Å². The number of Topliss-reactive ketones (excluding diaryl/α,β-unsaturated/α-hetero) is 1. The van der Waals surface area contributed by atoms with Gasteiger partial charge >= 0.3 is 5.97 Å². The summed E-state index contributed by atoms with van der Waals surface area (Å²) in [6.07, 6.45) is 5.10. The van der Waals surface area contributed by atoms with Gasteiger partial charge in [0.15, 0.2) is 12.5 Å². The number of carbonyl (C=O) groups excluding carboxylic acids is 6. The fourth-order valence-electron chi connectivity index (χ4n) is 5.70. The quantitative estimate of drug-likeness (QED) is 0.0255. The average molecular weight is 765 g/mol. The molecule has 2 aliphatic heterocycles. The number of nitrogens with zero attached hydrogens (tertiary/aromatic N) is 4. The molecule has 2 heterocycles. The molecule has 2 saturated heterocycles. The minimum atomic E-state index is -1.17. The van der Waals surface area contributed by atoms with Gasteiger partial charge in [-0.2, -0.15) is 5.10 Å². The van der Waals surface area contributed by atoms with Crippen LogP contribution in [0.15, 0.2) is 10.1 Å². The molecule has 0 aromatic heterocycles. The van der Waals surface area contributed by atoms with E-state index in [0.717, 1.165) is 24.2 Å². The van der Waals surface area contributed by atoms with Crippen LogP contribution in [0.5, 0.6) is 0 Å². The smallest absolute Gasteiger partial charge is 0.307 e. The van der Waals surface area contributed by atoms with Crippen molar-refractivity contribution in [2.45, 2.75) is 117 Å². The van der Waals surface area contributed by atoms with Crippen LogP contribution in [0.3, 0.4) is 0 Å². The Kier molecular flexibility index (Phi) is 20.3. The number of morpholine rings is 1. The molecular formula is C37H64N8O9. The van der Waals surface area contributed by atoms with E-state index in [-0.39, 0.29) is 62.0 Å². The highest BCUT2D eigenvalue weighted by atomic mass is 16.6. The number of ketones is 1. The van der Waals surface area contributed by atoms with Crippen molar-refractivity contribution in [2.24, 2.45) is 27.8 Å². The predicted molar refractivity (Wildman–Crippen MR) is 203 cm³/mol. The Morgan fingerprint density at radius 1 is 0.963 bits per heavy atom. The number of hydrazone groups is 1. The topological polar surface area (TPSA) is 227 Å². The fraction of sp³-hybridized carbons (Fsp3) is 0.784. The zero-order valence-electron chi connectivity index (χ0n) is 33.3. The van der Waals surface area contributed by atoms with E-state index in [0.29, 0.717) is 38.4 Å². The molecule has 0 saturated carbocycles. The van der Waals surface area contributed by atoms with E-state index < -0.39 is 61.2 Å². The molecule has 0 spiro atoms. The van der Waals surface area contributed by atoms with Gasteiger partial charge in [0.2, 0.25) is 23.6 Å². The van der Waals surface area contributed by atoms with E-state index >= 15 is 0 Å². The van der Waals surface area contributed by atoms with Gasteiger partial charge in [-0.05, 0) is 44.9 Å². The highest BCUT2D eigenvalue weighted by molar-refractivity contribution is 6.30. The average Bonchev–Trinajstić information content (AvgIpc) is 3.89. The Hall–Kier alpha value is -3.96. The van der Waals surface area contributed by atoms with Crippen LogP contribution >= 0.6 is 0 Å². The number of nitrogens with one attached hydrogen (secondary N) is 3. The summed E-state index contributed by atoms with van der Waals surface area (Å²) in [4.78, 5) is 86.5. The van der Waals surface area contributed by atoms with Gasteiger partial charge in [0.25, 0.3) is 0 Å². The first-order valence-corrected chi connectivity index (χ1v) is 19.2. The van der Waals surface area contributed by atoms with Crippen LogP contribution in [0.2, 0.25) is 0 Å². The number of esters is 1. The number of ether oxygens (including phenoxy) is 3. The van der Waals surface area contributed by atoms with Crippen LogP contribution in [0.1, 0.15) is 93.4 Å². The monoisotopic (exact) mass is 764 g/mol. The Bertz CT molecular complexity index is 1310. The van der Waals surface area contributed by atoms with Crippen molar-refractivity contribution in [3.63, 3.8) is 0 Å². The minimum absolute atomic E-state index is 0.0634. The fourth-order valence-corrected chi connectivity index (χ4v) is 5.70. The third-order valence-electron chi connectivity index (χ3n) is 9.05. The van der Waals surface area contributed by atoms with Crippen molar-refractivity contribution in [3.8, 4) is 0 Å². The molecule has 1 unspecified atom stereocenters.